The van der Waals surface area contributed by atoms with Crippen LogP contribution in [0.5, 0.6) is 5.75 Å². The van der Waals surface area contributed by atoms with Crippen molar-refractivity contribution in [2.24, 2.45) is 0 Å². The zero-order valence-electron chi connectivity index (χ0n) is 17.6. The summed E-state index contributed by atoms with van der Waals surface area (Å²) in [5.74, 6) is 0.783. The lowest BCUT2D eigenvalue weighted by atomic mass is 10.2. The van der Waals surface area contributed by atoms with Crippen molar-refractivity contribution in [1.29, 1.82) is 0 Å². The van der Waals surface area contributed by atoms with Crippen LogP contribution in [-0.4, -0.2) is 32.4 Å². The van der Waals surface area contributed by atoms with Crippen molar-refractivity contribution in [2.75, 3.05) is 24.3 Å². The largest absolute Gasteiger partial charge is 0.491 e. The van der Waals surface area contributed by atoms with E-state index in [9.17, 15) is 9.18 Å². The molecular formula is C24H21FN6O2. The SMILES string of the molecule is Nc1nc2c(NCc3ccc(OCCF)cc3)cccc2n2c(=O)n(-c3ccccc3)nc12. The van der Waals surface area contributed by atoms with E-state index in [1.54, 1.807) is 24.3 Å². The Morgan fingerprint density at radius 1 is 1.00 bits per heavy atom. The molecule has 0 saturated heterocycles. The summed E-state index contributed by atoms with van der Waals surface area (Å²) in [4.78, 5) is 17.8. The number of nitrogens with zero attached hydrogens (tertiary/aromatic N) is 4. The lowest BCUT2D eigenvalue weighted by Crippen LogP contribution is -2.20. The summed E-state index contributed by atoms with van der Waals surface area (Å²) < 4.78 is 20.3. The lowest BCUT2D eigenvalue weighted by molar-refractivity contribution is 0.273. The molecule has 5 aromatic rings. The number of anilines is 2. The van der Waals surface area contributed by atoms with Gasteiger partial charge in [-0.1, -0.05) is 36.4 Å². The molecule has 0 unspecified atom stereocenters. The Hall–Kier alpha value is -4.40. The number of benzene rings is 3. The van der Waals surface area contributed by atoms with Crippen LogP contribution in [0.4, 0.5) is 15.9 Å². The van der Waals surface area contributed by atoms with E-state index in [1.807, 2.05) is 48.5 Å². The van der Waals surface area contributed by atoms with Gasteiger partial charge in [-0.25, -0.2) is 18.6 Å². The maximum absolute atomic E-state index is 13.2. The van der Waals surface area contributed by atoms with E-state index >= 15 is 0 Å². The summed E-state index contributed by atoms with van der Waals surface area (Å²) >= 11 is 0. The molecule has 3 N–H and O–H groups in total. The van der Waals surface area contributed by atoms with Crippen LogP contribution in [0.2, 0.25) is 0 Å². The van der Waals surface area contributed by atoms with Gasteiger partial charge in [0.1, 0.15) is 24.5 Å². The van der Waals surface area contributed by atoms with Gasteiger partial charge in [0, 0.05) is 6.54 Å². The van der Waals surface area contributed by atoms with Crippen molar-refractivity contribution in [3.8, 4) is 11.4 Å². The molecule has 3 aromatic carbocycles. The number of nitrogens with one attached hydrogen (secondary N) is 1. The van der Waals surface area contributed by atoms with Gasteiger partial charge in [0.15, 0.2) is 5.82 Å². The maximum atomic E-state index is 13.2. The first-order valence-corrected chi connectivity index (χ1v) is 10.4. The third-order valence-corrected chi connectivity index (χ3v) is 5.25. The summed E-state index contributed by atoms with van der Waals surface area (Å²) in [5.41, 5.74) is 9.74. The van der Waals surface area contributed by atoms with E-state index in [0.29, 0.717) is 34.7 Å². The highest BCUT2D eigenvalue weighted by Gasteiger charge is 2.17. The molecule has 2 aromatic heterocycles. The van der Waals surface area contributed by atoms with Crippen LogP contribution in [0.1, 0.15) is 5.56 Å². The number of fused-ring (bicyclic) bond motifs is 3. The van der Waals surface area contributed by atoms with Crippen molar-refractivity contribution < 1.29 is 9.13 Å². The van der Waals surface area contributed by atoms with Gasteiger partial charge in [-0.2, -0.15) is 4.68 Å². The number of aromatic nitrogens is 4. The normalized spacial score (nSPS) is 11.2. The zero-order chi connectivity index (χ0) is 22.8. The fourth-order valence-corrected chi connectivity index (χ4v) is 3.69. The number of hydrogen-bond acceptors (Lipinski definition) is 6. The summed E-state index contributed by atoms with van der Waals surface area (Å²) in [6.45, 7) is 0.0246. The highest BCUT2D eigenvalue weighted by Crippen LogP contribution is 2.25. The fourth-order valence-electron chi connectivity index (χ4n) is 3.69. The number of ether oxygens (including phenoxy) is 1. The van der Waals surface area contributed by atoms with E-state index in [0.717, 1.165) is 11.3 Å². The van der Waals surface area contributed by atoms with Crippen molar-refractivity contribution in [3.05, 3.63) is 88.8 Å². The number of halogens is 1. The first-order valence-electron chi connectivity index (χ1n) is 10.4. The predicted octanol–water partition coefficient (Wildman–Crippen LogP) is 3.58. The third kappa shape index (κ3) is 3.84. The second-order valence-corrected chi connectivity index (χ2v) is 7.39. The van der Waals surface area contributed by atoms with Crippen LogP contribution >= 0.6 is 0 Å². The summed E-state index contributed by atoms with van der Waals surface area (Å²) in [6.07, 6.45) is 0. The molecule has 0 amide bonds. The lowest BCUT2D eigenvalue weighted by Gasteiger charge is -2.11. The Morgan fingerprint density at radius 3 is 2.55 bits per heavy atom. The molecule has 33 heavy (non-hydrogen) atoms. The Kier molecular flexibility index (Phi) is 5.35. The molecule has 9 heteroatoms. The van der Waals surface area contributed by atoms with Gasteiger partial charge in [0.2, 0.25) is 5.65 Å². The molecule has 0 bridgehead atoms. The monoisotopic (exact) mass is 444 g/mol. The molecule has 8 nitrogen and oxygen atoms in total. The van der Waals surface area contributed by atoms with Crippen LogP contribution in [-0.2, 0) is 6.54 Å². The number of para-hydroxylation sites is 2. The van der Waals surface area contributed by atoms with Crippen LogP contribution in [0, 0.1) is 0 Å². The molecule has 0 aliphatic rings. The van der Waals surface area contributed by atoms with Gasteiger partial charge >= 0.3 is 5.69 Å². The average Bonchev–Trinajstić information content (AvgIpc) is 3.21. The van der Waals surface area contributed by atoms with Gasteiger partial charge in [0.25, 0.3) is 0 Å². The van der Waals surface area contributed by atoms with Crippen LogP contribution < -0.4 is 21.5 Å². The number of nitrogen functional groups attached to an aromatic ring is 1. The van der Waals surface area contributed by atoms with Crippen molar-refractivity contribution in [2.45, 2.75) is 6.54 Å². The minimum atomic E-state index is -0.527. The van der Waals surface area contributed by atoms with Crippen LogP contribution in [0.15, 0.2) is 77.6 Å². The van der Waals surface area contributed by atoms with E-state index in [4.69, 9.17) is 10.5 Å². The highest BCUT2D eigenvalue weighted by atomic mass is 19.1. The molecule has 0 radical (unpaired) electrons. The minimum Gasteiger partial charge on any atom is -0.491 e. The van der Waals surface area contributed by atoms with E-state index in [-0.39, 0.29) is 18.1 Å². The molecule has 0 aliphatic heterocycles. The quantitative estimate of drug-likeness (QED) is 0.398. The van der Waals surface area contributed by atoms with Gasteiger partial charge in [-0.15, -0.1) is 5.10 Å². The predicted molar refractivity (Wildman–Crippen MR) is 126 cm³/mol. The van der Waals surface area contributed by atoms with Crippen molar-refractivity contribution >= 4 is 28.2 Å². The molecule has 166 valence electrons. The van der Waals surface area contributed by atoms with Gasteiger partial charge in [-0.3, -0.25) is 0 Å². The van der Waals surface area contributed by atoms with E-state index < -0.39 is 6.67 Å². The molecule has 5 rings (SSSR count). The Balaban J connectivity index is 1.51. The summed E-state index contributed by atoms with van der Waals surface area (Å²) in [6, 6.07) is 22.1. The standard InChI is InChI=1S/C24H21FN6O2/c25-13-14-33-18-11-9-16(10-12-18)15-27-19-7-4-8-20-21(19)28-22(26)23-29-31(24(32)30(20)23)17-5-2-1-3-6-17/h1-12,27H,13-15H2,(H2,26,28). The molecule has 2 heterocycles. The maximum Gasteiger partial charge on any atom is 0.355 e. The van der Waals surface area contributed by atoms with Crippen LogP contribution in [0.3, 0.4) is 0 Å². The molecular weight excluding hydrogens is 423 g/mol. The molecule has 0 fully saturated rings. The number of hydrogen-bond donors (Lipinski definition) is 2. The zero-order valence-corrected chi connectivity index (χ0v) is 17.6. The smallest absolute Gasteiger partial charge is 0.355 e. The van der Waals surface area contributed by atoms with Crippen molar-refractivity contribution in [1.82, 2.24) is 19.2 Å². The summed E-state index contributed by atoms with van der Waals surface area (Å²) in [7, 11) is 0. The molecule has 0 atom stereocenters. The Labute approximate surface area is 188 Å². The first kappa shape index (κ1) is 20.5. The number of nitrogens with two attached hydrogens (primary N) is 1. The third-order valence-electron chi connectivity index (χ3n) is 5.25. The second kappa shape index (κ2) is 8.62. The Bertz CT molecular complexity index is 1480. The first-order chi connectivity index (χ1) is 16.2. The number of rotatable bonds is 7. The topological polar surface area (TPSA) is 99.5 Å². The van der Waals surface area contributed by atoms with E-state index in [2.05, 4.69) is 15.4 Å². The highest BCUT2D eigenvalue weighted by molar-refractivity contribution is 5.91. The Morgan fingerprint density at radius 2 is 1.79 bits per heavy atom. The van der Waals surface area contributed by atoms with Gasteiger partial charge < -0.3 is 15.8 Å². The summed E-state index contributed by atoms with van der Waals surface area (Å²) in [5, 5.41) is 7.76. The fraction of sp³-hybridized carbons (Fsp3) is 0.125. The molecule has 0 saturated carbocycles. The average molecular weight is 444 g/mol. The van der Waals surface area contributed by atoms with Gasteiger partial charge in [-0.05, 0) is 42.0 Å². The minimum absolute atomic E-state index is 0.0371. The van der Waals surface area contributed by atoms with Crippen molar-refractivity contribution in [3.63, 3.8) is 0 Å². The second-order valence-electron chi connectivity index (χ2n) is 7.39. The van der Waals surface area contributed by atoms with Gasteiger partial charge in [0.05, 0.1) is 16.9 Å². The van der Waals surface area contributed by atoms with E-state index in [1.165, 1.54) is 9.08 Å². The molecule has 0 aliphatic carbocycles. The number of alkyl halides is 1. The van der Waals surface area contributed by atoms with Crippen LogP contribution in [0.25, 0.3) is 22.4 Å². The molecule has 0 spiro atoms.